The van der Waals surface area contributed by atoms with Gasteiger partial charge in [-0.05, 0) is 43.9 Å². The molecule has 2 aromatic carbocycles. The van der Waals surface area contributed by atoms with Crippen LogP contribution in [0.4, 0.5) is 13.2 Å². The summed E-state index contributed by atoms with van der Waals surface area (Å²) in [6.45, 7) is 5.66. The highest BCUT2D eigenvalue weighted by Gasteiger charge is 2.37. The first-order valence-corrected chi connectivity index (χ1v) is 6.62. The van der Waals surface area contributed by atoms with Gasteiger partial charge in [-0.3, -0.25) is 0 Å². The summed E-state index contributed by atoms with van der Waals surface area (Å²) in [6.07, 6.45) is -4.46. The third kappa shape index (κ3) is 3.67. The highest BCUT2D eigenvalue weighted by atomic mass is 19.4. The molecule has 0 aliphatic carbocycles. The molecule has 2 N–H and O–H groups in total. The molecular formula is C16H18F3NO. The molecule has 0 radical (unpaired) electrons. The number of ether oxygens (including phenoxy) is 1. The second-order valence-electron chi connectivity index (χ2n) is 5.97. The van der Waals surface area contributed by atoms with Gasteiger partial charge in [-0.1, -0.05) is 24.3 Å². The van der Waals surface area contributed by atoms with Gasteiger partial charge in [0.25, 0.3) is 0 Å². The van der Waals surface area contributed by atoms with Crippen molar-refractivity contribution >= 4 is 10.8 Å². The largest absolute Gasteiger partial charge is 0.488 e. The van der Waals surface area contributed by atoms with Gasteiger partial charge in [0, 0.05) is 5.39 Å². The lowest BCUT2D eigenvalue weighted by Crippen LogP contribution is -2.28. The molecule has 5 heteroatoms. The number of nitrogens with two attached hydrogens (primary N) is 1. The summed E-state index contributed by atoms with van der Waals surface area (Å²) in [6, 6.07) is 7.88. The maximum absolute atomic E-state index is 12.8. The number of hydrogen-bond donors (Lipinski definition) is 1. The standard InChI is InChI=1S/C16H18F3NO/c1-15(2,3)21-13-6-4-5-10-7-8-11(9-12(10)13)14(20)16(17,18)19/h4-9,14H,20H2,1-3H3/t14-/m0/s1. The van der Waals surface area contributed by atoms with Crippen LogP contribution in [0, 0.1) is 0 Å². The molecule has 2 rings (SSSR count). The van der Waals surface area contributed by atoms with Gasteiger partial charge in [-0.15, -0.1) is 0 Å². The first kappa shape index (κ1) is 15.6. The fourth-order valence-corrected chi connectivity index (χ4v) is 2.06. The van der Waals surface area contributed by atoms with E-state index in [2.05, 4.69) is 0 Å². The number of alkyl halides is 3. The molecule has 1 atom stereocenters. The van der Waals surface area contributed by atoms with E-state index in [0.29, 0.717) is 11.1 Å². The van der Waals surface area contributed by atoms with Gasteiger partial charge in [-0.2, -0.15) is 13.2 Å². The van der Waals surface area contributed by atoms with E-state index in [4.69, 9.17) is 10.5 Å². The Bertz CT molecular complexity index is 644. The van der Waals surface area contributed by atoms with Crippen molar-refractivity contribution < 1.29 is 17.9 Å². The summed E-state index contributed by atoms with van der Waals surface area (Å²) in [5.74, 6) is 0.552. The maximum Gasteiger partial charge on any atom is 0.407 e. The molecule has 0 aromatic heterocycles. The Morgan fingerprint density at radius 3 is 2.29 bits per heavy atom. The van der Waals surface area contributed by atoms with Crippen molar-refractivity contribution in [3.05, 3.63) is 42.0 Å². The van der Waals surface area contributed by atoms with Crippen LogP contribution in [0.25, 0.3) is 10.8 Å². The van der Waals surface area contributed by atoms with Gasteiger partial charge >= 0.3 is 6.18 Å². The van der Waals surface area contributed by atoms with Crippen molar-refractivity contribution in [2.45, 2.75) is 38.6 Å². The van der Waals surface area contributed by atoms with Crippen LogP contribution in [0.5, 0.6) is 5.75 Å². The molecule has 0 unspecified atom stereocenters. The van der Waals surface area contributed by atoms with Crippen molar-refractivity contribution in [3.63, 3.8) is 0 Å². The lowest BCUT2D eigenvalue weighted by atomic mass is 10.0. The topological polar surface area (TPSA) is 35.2 Å². The fraction of sp³-hybridized carbons (Fsp3) is 0.375. The maximum atomic E-state index is 12.8. The summed E-state index contributed by atoms with van der Waals surface area (Å²) >= 11 is 0. The van der Waals surface area contributed by atoms with Gasteiger partial charge in [0.1, 0.15) is 17.4 Å². The van der Waals surface area contributed by atoms with Crippen LogP contribution >= 0.6 is 0 Å². The van der Waals surface area contributed by atoms with Gasteiger partial charge in [0.2, 0.25) is 0 Å². The molecule has 0 aliphatic rings. The van der Waals surface area contributed by atoms with Crippen LogP contribution in [-0.2, 0) is 0 Å². The lowest BCUT2D eigenvalue weighted by Gasteiger charge is -2.23. The van der Waals surface area contributed by atoms with Crippen LogP contribution in [0.3, 0.4) is 0 Å². The Balaban J connectivity index is 2.53. The Labute approximate surface area is 121 Å². The van der Waals surface area contributed by atoms with E-state index in [1.165, 1.54) is 12.1 Å². The van der Waals surface area contributed by atoms with Gasteiger partial charge in [-0.25, -0.2) is 0 Å². The van der Waals surface area contributed by atoms with E-state index >= 15 is 0 Å². The minimum Gasteiger partial charge on any atom is -0.488 e. The molecule has 2 nitrogen and oxygen atoms in total. The van der Waals surface area contributed by atoms with E-state index in [1.807, 2.05) is 32.9 Å². The molecular weight excluding hydrogens is 279 g/mol. The van der Waals surface area contributed by atoms with Crippen LogP contribution in [-0.4, -0.2) is 11.8 Å². The molecule has 0 saturated carbocycles. The quantitative estimate of drug-likeness (QED) is 0.880. The molecule has 0 bridgehead atoms. The number of hydrogen-bond acceptors (Lipinski definition) is 2. The van der Waals surface area contributed by atoms with Crippen LogP contribution in [0.15, 0.2) is 36.4 Å². The van der Waals surface area contributed by atoms with Crippen molar-refractivity contribution in [2.24, 2.45) is 5.73 Å². The Hall–Kier alpha value is -1.75. The summed E-state index contributed by atoms with van der Waals surface area (Å²) < 4.78 is 44.1. The number of halogens is 3. The first-order valence-electron chi connectivity index (χ1n) is 6.62. The van der Waals surface area contributed by atoms with E-state index in [1.54, 1.807) is 12.1 Å². The minimum atomic E-state index is -4.46. The average molecular weight is 297 g/mol. The summed E-state index contributed by atoms with van der Waals surface area (Å²) in [7, 11) is 0. The van der Waals surface area contributed by atoms with Crippen LogP contribution in [0.2, 0.25) is 0 Å². The zero-order valence-electron chi connectivity index (χ0n) is 12.2. The molecule has 114 valence electrons. The summed E-state index contributed by atoms with van der Waals surface area (Å²) in [5.41, 5.74) is 4.87. The number of benzene rings is 2. The first-order chi connectivity index (χ1) is 9.58. The van der Waals surface area contributed by atoms with Gasteiger partial charge < -0.3 is 10.5 Å². The van der Waals surface area contributed by atoms with E-state index in [9.17, 15) is 13.2 Å². The third-order valence-electron chi connectivity index (χ3n) is 2.99. The smallest absolute Gasteiger partial charge is 0.407 e. The van der Waals surface area contributed by atoms with Crippen molar-refractivity contribution in [2.75, 3.05) is 0 Å². The van der Waals surface area contributed by atoms with E-state index < -0.39 is 17.8 Å². The summed E-state index contributed by atoms with van der Waals surface area (Å²) in [5, 5.41) is 1.44. The molecule has 0 heterocycles. The third-order valence-corrected chi connectivity index (χ3v) is 2.99. The van der Waals surface area contributed by atoms with E-state index in [0.717, 1.165) is 5.39 Å². The fourth-order valence-electron chi connectivity index (χ4n) is 2.06. The van der Waals surface area contributed by atoms with Gasteiger partial charge in [0.05, 0.1) is 0 Å². The Morgan fingerprint density at radius 1 is 1.05 bits per heavy atom. The zero-order valence-corrected chi connectivity index (χ0v) is 12.2. The average Bonchev–Trinajstić information content (AvgIpc) is 2.35. The second kappa shape index (κ2) is 5.22. The molecule has 0 saturated heterocycles. The number of fused-ring (bicyclic) bond motifs is 1. The normalized spacial score (nSPS) is 14.2. The predicted octanol–water partition coefficient (Wildman–Crippen LogP) is 4.58. The van der Waals surface area contributed by atoms with Crippen LogP contribution in [0.1, 0.15) is 32.4 Å². The number of rotatable bonds is 2. The highest BCUT2D eigenvalue weighted by Crippen LogP contribution is 2.35. The van der Waals surface area contributed by atoms with Crippen molar-refractivity contribution in [1.29, 1.82) is 0 Å². The highest BCUT2D eigenvalue weighted by molar-refractivity contribution is 5.89. The SMILES string of the molecule is CC(C)(C)Oc1cccc2ccc([C@H](N)C(F)(F)F)cc12. The van der Waals surface area contributed by atoms with E-state index in [-0.39, 0.29) is 5.56 Å². The summed E-state index contributed by atoms with van der Waals surface area (Å²) in [4.78, 5) is 0. The monoisotopic (exact) mass is 297 g/mol. The van der Waals surface area contributed by atoms with Crippen LogP contribution < -0.4 is 10.5 Å². The lowest BCUT2D eigenvalue weighted by molar-refractivity contribution is -0.149. The van der Waals surface area contributed by atoms with Gasteiger partial charge in [0.15, 0.2) is 0 Å². The predicted molar refractivity (Wildman–Crippen MR) is 77.3 cm³/mol. The molecule has 21 heavy (non-hydrogen) atoms. The van der Waals surface area contributed by atoms with Crippen molar-refractivity contribution in [3.8, 4) is 5.75 Å². The molecule has 0 spiro atoms. The second-order valence-corrected chi connectivity index (χ2v) is 5.97. The molecule has 0 amide bonds. The Kier molecular flexibility index (Phi) is 3.89. The molecule has 0 aliphatic heterocycles. The van der Waals surface area contributed by atoms with Crippen molar-refractivity contribution in [1.82, 2.24) is 0 Å². The minimum absolute atomic E-state index is 0.0277. The Morgan fingerprint density at radius 2 is 1.71 bits per heavy atom. The molecule has 2 aromatic rings. The zero-order chi connectivity index (χ0) is 15.8. The molecule has 0 fully saturated rings.